The second-order valence-corrected chi connectivity index (χ2v) is 8.53. The SMILES string of the molecule is C=CCc1ccc2nc(-c3ccc(/C=C/CCCC(C)OCCCCC)cc3F)cnc2c1. The standard InChI is InChI=1S/C29H35FN2O/c1-4-6-10-18-33-22(3)12-8-7-9-13-24-14-16-25(26(30)19-24)29-21-31-28-20-23(11-5-2)15-17-27(28)32-29/h5,9,13-17,19-22H,2,4,6-8,10-12,18H2,1,3H3/b13-9+. The van der Waals surface area contributed by atoms with E-state index in [1.807, 2.05) is 36.4 Å². The molecule has 0 aliphatic rings. The fourth-order valence-electron chi connectivity index (χ4n) is 3.78. The van der Waals surface area contributed by atoms with Crippen LogP contribution in [0.25, 0.3) is 28.4 Å². The molecule has 1 atom stereocenters. The Bertz CT molecular complexity index is 1080. The summed E-state index contributed by atoms with van der Waals surface area (Å²) in [5.41, 5.74) is 4.55. The largest absolute Gasteiger partial charge is 0.379 e. The zero-order valence-corrected chi connectivity index (χ0v) is 19.9. The van der Waals surface area contributed by atoms with Crippen LogP contribution < -0.4 is 0 Å². The summed E-state index contributed by atoms with van der Waals surface area (Å²) >= 11 is 0. The first-order valence-electron chi connectivity index (χ1n) is 12.1. The van der Waals surface area contributed by atoms with Crippen LogP contribution in [0.1, 0.15) is 63.5 Å². The zero-order valence-electron chi connectivity index (χ0n) is 19.9. The second kappa shape index (κ2) is 13.0. The molecular weight excluding hydrogens is 411 g/mol. The maximum atomic E-state index is 14.8. The highest BCUT2D eigenvalue weighted by Gasteiger charge is 2.09. The molecule has 1 heterocycles. The number of rotatable bonds is 13. The summed E-state index contributed by atoms with van der Waals surface area (Å²) in [5.74, 6) is -0.289. The molecule has 2 aromatic carbocycles. The van der Waals surface area contributed by atoms with Gasteiger partial charge in [0.15, 0.2) is 0 Å². The molecule has 174 valence electrons. The minimum atomic E-state index is -0.289. The first-order chi connectivity index (χ1) is 16.1. The summed E-state index contributed by atoms with van der Waals surface area (Å²) in [4.78, 5) is 9.10. The van der Waals surface area contributed by atoms with Crippen molar-refractivity contribution >= 4 is 17.1 Å². The minimum Gasteiger partial charge on any atom is -0.379 e. The Morgan fingerprint density at radius 1 is 1.09 bits per heavy atom. The third-order valence-electron chi connectivity index (χ3n) is 5.70. The highest BCUT2D eigenvalue weighted by atomic mass is 19.1. The molecule has 0 N–H and O–H groups in total. The van der Waals surface area contributed by atoms with Crippen molar-refractivity contribution in [2.75, 3.05) is 6.61 Å². The average molecular weight is 447 g/mol. The summed E-state index contributed by atoms with van der Waals surface area (Å²) < 4.78 is 20.7. The van der Waals surface area contributed by atoms with Crippen molar-refractivity contribution in [3.05, 3.63) is 78.3 Å². The molecule has 0 saturated heterocycles. The Morgan fingerprint density at radius 3 is 2.76 bits per heavy atom. The lowest BCUT2D eigenvalue weighted by Gasteiger charge is -2.12. The summed E-state index contributed by atoms with van der Waals surface area (Å²) in [6.45, 7) is 8.96. The molecule has 0 radical (unpaired) electrons. The third-order valence-corrected chi connectivity index (χ3v) is 5.70. The van der Waals surface area contributed by atoms with E-state index in [2.05, 4.69) is 36.5 Å². The lowest BCUT2D eigenvalue weighted by atomic mass is 10.1. The van der Waals surface area contributed by atoms with Gasteiger partial charge in [-0.1, -0.05) is 50.1 Å². The maximum Gasteiger partial charge on any atom is 0.133 e. The van der Waals surface area contributed by atoms with E-state index in [-0.39, 0.29) is 5.82 Å². The van der Waals surface area contributed by atoms with Gasteiger partial charge in [0.25, 0.3) is 0 Å². The van der Waals surface area contributed by atoms with Crippen LogP contribution >= 0.6 is 0 Å². The first-order valence-corrected chi connectivity index (χ1v) is 12.1. The van der Waals surface area contributed by atoms with Crippen molar-refractivity contribution in [3.8, 4) is 11.3 Å². The van der Waals surface area contributed by atoms with Gasteiger partial charge >= 0.3 is 0 Å². The number of fused-ring (bicyclic) bond motifs is 1. The van der Waals surface area contributed by atoms with Crippen LogP contribution in [-0.4, -0.2) is 22.7 Å². The average Bonchev–Trinajstić information content (AvgIpc) is 2.82. The predicted octanol–water partition coefficient (Wildman–Crippen LogP) is 7.94. The van der Waals surface area contributed by atoms with Crippen molar-refractivity contribution in [1.29, 1.82) is 0 Å². The lowest BCUT2D eigenvalue weighted by Crippen LogP contribution is -2.08. The normalized spacial score (nSPS) is 12.5. The number of hydrogen-bond donors (Lipinski definition) is 0. The number of unbranched alkanes of at least 4 members (excludes halogenated alkanes) is 3. The third kappa shape index (κ3) is 7.61. The number of allylic oxidation sites excluding steroid dienone is 2. The van der Waals surface area contributed by atoms with Crippen molar-refractivity contribution in [1.82, 2.24) is 9.97 Å². The van der Waals surface area contributed by atoms with Crippen LogP contribution in [0.2, 0.25) is 0 Å². The molecule has 3 rings (SSSR count). The molecule has 0 aliphatic carbocycles. The van der Waals surface area contributed by atoms with Crippen molar-refractivity contribution in [3.63, 3.8) is 0 Å². The van der Waals surface area contributed by atoms with Gasteiger partial charge in [-0.2, -0.15) is 0 Å². The fraction of sp³-hybridized carbons (Fsp3) is 0.379. The molecule has 1 unspecified atom stereocenters. The quantitative estimate of drug-likeness (QED) is 0.197. The molecule has 0 saturated carbocycles. The zero-order chi connectivity index (χ0) is 23.5. The van der Waals surface area contributed by atoms with E-state index in [0.717, 1.165) is 60.9 Å². The van der Waals surface area contributed by atoms with Crippen LogP contribution in [-0.2, 0) is 11.2 Å². The molecular formula is C29H35FN2O. The molecule has 0 bridgehead atoms. The number of hydrogen-bond acceptors (Lipinski definition) is 3. The van der Waals surface area contributed by atoms with E-state index >= 15 is 0 Å². The number of halogens is 1. The topological polar surface area (TPSA) is 35.0 Å². The highest BCUT2D eigenvalue weighted by molar-refractivity contribution is 5.78. The summed E-state index contributed by atoms with van der Waals surface area (Å²) in [7, 11) is 0. The van der Waals surface area contributed by atoms with E-state index in [1.54, 1.807) is 18.3 Å². The molecule has 1 aromatic heterocycles. The molecule has 33 heavy (non-hydrogen) atoms. The minimum absolute atomic E-state index is 0.289. The molecule has 3 nitrogen and oxygen atoms in total. The monoisotopic (exact) mass is 446 g/mol. The predicted molar refractivity (Wildman–Crippen MR) is 137 cm³/mol. The number of benzene rings is 2. The Balaban J connectivity index is 1.55. The lowest BCUT2D eigenvalue weighted by molar-refractivity contribution is 0.0566. The first kappa shape index (κ1) is 24.8. The highest BCUT2D eigenvalue weighted by Crippen LogP contribution is 2.24. The van der Waals surface area contributed by atoms with E-state index < -0.39 is 0 Å². The van der Waals surface area contributed by atoms with Crippen molar-refractivity contribution in [2.45, 2.75) is 64.9 Å². The Kier molecular flexibility index (Phi) is 9.77. The summed E-state index contributed by atoms with van der Waals surface area (Å²) in [6, 6.07) is 11.2. The fourth-order valence-corrected chi connectivity index (χ4v) is 3.78. The number of nitrogens with zero attached hydrogens (tertiary/aromatic N) is 2. The van der Waals surface area contributed by atoms with Crippen molar-refractivity contribution < 1.29 is 9.13 Å². The van der Waals surface area contributed by atoms with Gasteiger partial charge in [-0.3, -0.25) is 4.98 Å². The van der Waals surface area contributed by atoms with Gasteiger partial charge in [0, 0.05) is 12.2 Å². The number of ether oxygens (including phenoxy) is 1. The molecule has 4 heteroatoms. The van der Waals surface area contributed by atoms with E-state index in [0.29, 0.717) is 17.4 Å². The molecule has 0 spiro atoms. The second-order valence-electron chi connectivity index (χ2n) is 8.53. The Labute approximate surface area is 197 Å². The van der Waals surface area contributed by atoms with Crippen molar-refractivity contribution in [2.24, 2.45) is 0 Å². The molecule has 0 amide bonds. The summed E-state index contributed by atoms with van der Waals surface area (Å²) in [6.07, 6.45) is 15.3. The van der Waals surface area contributed by atoms with Gasteiger partial charge in [-0.05, 0) is 74.4 Å². The van der Waals surface area contributed by atoms with Crippen LogP contribution in [0.4, 0.5) is 4.39 Å². The Morgan fingerprint density at radius 2 is 1.97 bits per heavy atom. The summed E-state index contributed by atoms with van der Waals surface area (Å²) in [5, 5.41) is 0. The molecule has 3 aromatic rings. The van der Waals surface area contributed by atoms with E-state index in [1.165, 1.54) is 12.8 Å². The van der Waals surface area contributed by atoms with Crippen LogP contribution in [0.15, 0.2) is 61.3 Å². The Hall–Kier alpha value is -2.85. The van der Waals surface area contributed by atoms with E-state index in [4.69, 9.17) is 4.74 Å². The van der Waals surface area contributed by atoms with Gasteiger partial charge in [0.1, 0.15) is 5.82 Å². The smallest absolute Gasteiger partial charge is 0.133 e. The van der Waals surface area contributed by atoms with E-state index in [9.17, 15) is 4.39 Å². The van der Waals surface area contributed by atoms with Gasteiger partial charge in [0.05, 0.1) is 29.0 Å². The van der Waals surface area contributed by atoms with Crippen LogP contribution in [0.3, 0.4) is 0 Å². The van der Waals surface area contributed by atoms with Crippen LogP contribution in [0.5, 0.6) is 0 Å². The van der Waals surface area contributed by atoms with Gasteiger partial charge in [-0.25, -0.2) is 9.37 Å². The molecule has 0 aliphatic heterocycles. The molecule has 0 fully saturated rings. The maximum absolute atomic E-state index is 14.8. The van der Waals surface area contributed by atoms with Gasteiger partial charge < -0.3 is 4.74 Å². The van der Waals surface area contributed by atoms with Gasteiger partial charge in [0.2, 0.25) is 0 Å². The van der Waals surface area contributed by atoms with Crippen LogP contribution in [0, 0.1) is 5.82 Å². The van der Waals surface area contributed by atoms with Gasteiger partial charge in [-0.15, -0.1) is 6.58 Å². The number of aromatic nitrogens is 2.